The standard InChI is InChI=1S/C24H24N2O6S3/c1-32-13-5-4-9(7-12(13)27)15-16-10-8-11(19(16)34-21-20(15)35-24(33)25-21)18-17(10)22(30)26(23(18)31)6-2-3-14(28)29/h4-5,7,10-11,15-19,27H,2-3,6,8H2,1H3,(H,25,33)(H,28,29). The summed E-state index contributed by atoms with van der Waals surface area (Å²) in [6.45, 7) is 0.162. The minimum atomic E-state index is -0.930. The van der Waals surface area contributed by atoms with E-state index in [2.05, 4.69) is 4.98 Å². The van der Waals surface area contributed by atoms with Crippen LogP contribution in [0.25, 0.3) is 0 Å². The Balaban J connectivity index is 1.38. The molecule has 1 aromatic carbocycles. The molecular formula is C24H24N2O6S3. The number of carbonyl (C=O) groups is 3. The van der Waals surface area contributed by atoms with Crippen LogP contribution in [0.1, 0.15) is 35.6 Å². The fourth-order valence-electron chi connectivity index (χ4n) is 6.96. The Morgan fingerprint density at radius 2 is 2.00 bits per heavy atom. The summed E-state index contributed by atoms with van der Waals surface area (Å²) in [5.41, 5.74) is 0.948. The minimum Gasteiger partial charge on any atom is -0.504 e. The number of H-pyrrole nitrogens is 1. The van der Waals surface area contributed by atoms with Crippen molar-refractivity contribution in [1.82, 2.24) is 9.88 Å². The van der Waals surface area contributed by atoms with Crippen LogP contribution in [0.4, 0.5) is 0 Å². The summed E-state index contributed by atoms with van der Waals surface area (Å²) in [5.74, 6) is -1.24. The van der Waals surface area contributed by atoms with E-state index in [0.29, 0.717) is 9.70 Å². The lowest BCUT2D eigenvalue weighted by Gasteiger charge is -2.43. The van der Waals surface area contributed by atoms with E-state index in [-0.39, 0.29) is 77.7 Å². The molecule has 11 heteroatoms. The third-order valence-corrected chi connectivity index (χ3v) is 11.1. The highest BCUT2D eigenvalue weighted by atomic mass is 32.2. The van der Waals surface area contributed by atoms with Crippen LogP contribution < -0.4 is 4.74 Å². The molecule has 7 unspecified atom stereocenters. The number of thiazole rings is 1. The van der Waals surface area contributed by atoms with Crippen molar-refractivity contribution in [3.8, 4) is 11.5 Å². The SMILES string of the molecule is COc1ccc(C2c3sc(=S)[nH]c3SC3C4CC(C5C(=O)N(CCCC(=O)O)C(=O)C45)C23)cc1O. The van der Waals surface area contributed by atoms with Gasteiger partial charge in [-0.05, 0) is 60.5 Å². The highest BCUT2D eigenvalue weighted by Gasteiger charge is 2.69. The van der Waals surface area contributed by atoms with Crippen molar-refractivity contribution in [3.05, 3.63) is 32.6 Å². The molecule has 3 heterocycles. The van der Waals surface area contributed by atoms with Gasteiger partial charge in [-0.25, -0.2) is 0 Å². The van der Waals surface area contributed by atoms with Gasteiger partial charge in [0.25, 0.3) is 0 Å². The van der Waals surface area contributed by atoms with Gasteiger partial charge in [0.05, 0.1) is 24.0 Å². The number of hydrogen-bond donors (Lipinski definition) is 3. The number of aromatic amines is 1. The summed E-state index contributed by atoms with van der Waals surface area (Å²) in [7, 11) is 1.51. The van der Waals surface area contributed by atoms with E-state index in [0.717, 1.165) is 21.9 Å². The average Bonchev–Trinajstić information content (AvgIpc) is 3.54. The van der Waals surface area contributed by atoms with Crippen LogP contribution in [0.2, 0.25) is 0 Å². The monoisotopic (exact) mass is 532 g/mol. The summed E-state index contributed by atoms with van der Waals surface area (Å²) >= 11 is 8.74. The molecule has 0 radical (unpaired) electrons. The maximum Gasteiger partial charge on any atom is 0.303 e. The van der Waals surface area contributed by atoms with E-state index in [1.165, 1.54) is 23.3 Å². The maximum atomic E-state index is 13.4. The largest absolute Gasteiger partial charge is 0.504 e. The summed E-state index contributed by atoms with van der Waals surface area (Å²) in [4.78, 5) is 43.5. The molecule has 2 aromatic rings. The number of fused-ring (bicyclic) bond motifs is 9. The number of phenols is 1. The van der Waals surface area contributed by atoms with Crippen LogP contribution in [-0.2, 0) is 14.4 Å². The number of carbonyl (C=O) groups excluding carboxylic acids is 2. The minimum absolute atomic E-state index is 0.0430. The molecule has 4 aliphatic rings. The zero-order chi connectivity index (χ0) is 24.6. The highest BCUT2D eigenvalue weighted by Crippen LogP contribution is 2.68. The van der Waals surface area contributed by atoms with E-state index in [1.807, 2.05) is 6.07 Å². The molecule has 35 heavy (non-hydrogen) atoms. The molecule has 2 bridgehead atoms. The van der Waals surface area contributed by atoms with Crippen molar-refractivity contribution in [1.29, 1.82) is 0 Å². The molecule has 1 saturated heterocycles. The van der Waals surface area contributed by atoms with Crippen molar-refractivity contribution >= 4 is 53.1 Å². The van der Waals surface area contributed by atoms with Crippen molar-refractivity contribution < 1.29 is 29.3 Å². The number of aromatic nitrogens is 1. The summed E-state index contributed by atoms with van der Waals surface area (Å²) in [5, 5.41) is 20.7. The van der Waals surface area contributed by atoms with Gasteiger partial charge in [-0.1, -0.05) is 6.07 Å². The Hall–Kier alpha value is -2.37. The lowest BCUT2D eigenvalue weighted by atomic mass is 9.68. The predicted molar refractivity (Wildman–Crippen MR) is 131 cm³/mol. The molecule has 3 N–H and O–H groups in total. The number of carboxylic acid groups (broad SMARTS) is 1. The van der Waals surface area contributed by atoms with E-state index in [9.17, 15) is 19.5 Å². The van der Waals surface area contributed by atoms with E-state index < -0.39 is 5.97 Å². The maximum absolute atomic E-state index is 13.4. The van der Waals surface area contributed by atoms with E-state index in [1.54, 1.807) is 23.9 Å². The number of nitrogens with zero attached hydrogens (tertiary/aromatic N) is 1. The first kappa shape index (κ1) is 23.1. The lowest BCUT2D eigenvalue weighted by molar-refractivity contribution is -0.142. The first-order valence-corrected chi connectivity index (χ1v) is 13.7. The number of rotatable bonds is 6. The van der Waals surface area contributed by atoms with Crippen LogP contribution in [0, 0.1) is 33.5 Å². The smallest absolute Gasteiger partial charge is 0.303 e. The Morgan fingerprint density at radius 3 is 2.69 bits per heavy atom. The number of amides is 2. The van der Waals surface area contributed by atoms with Gasteiger partial charge in [0, 0.05) is 29.0 Å². The fourth-order valence-corrected chi connectivity index (χ4v) is 10.3. The molecule has 1 aromatic heterocycles. The number of hydrogen-bond acceptors (Lipinski definition) is 8. The number of methoxy groups -OCH3 is 1. The molecule has 7 atom stereocenters. The summed E-state index contributed by atoms with van der Waals surface area (Å²) in [6, 6.07) is 5.47. The normalized spacial score (nSPS) is 32.5. The number of aliphatic carboxylic acids is 1. The molecular weight excluding hydrogens is 508 g/mol. The topological polar surface area (TPSA) is 120 Å². The van der Waals surface area contributed by atoms with Gasteiger partial charge in [0.1, 0.15) is 0 Å². The number of benzene rings is 1. The Morgan fingerprint density at radius 1 is 1.26 bits per heavy atom. The first-order chi connectivity index (χ1) is 16.8. The number of carboxylic acids is 1. The molecule has 3 fully saturated rings. The summed E-state index contributed by atoms with van der Waals surface area (Å²) in [6.07, 6.45) is 1.03. The molecule has 0 spiro atoms. The Labute approximate surface area is 214 Å². The molecule has 2 aliphatic heterocycles. The second-order valence-electron chi connectivity index (χ2n) is 9.72. The van der Waals surface area contributed by atoms with Gasteiger partial charge in [0.15, 0.2) is 15.5 Å². The van der Waals surface area contributed by atoms with Crippen molar-refractivity contribution in [3.63, 3.8) is 0 Å². The number of ether oxygens (including phenoxy) is 1. The molecule has 6 rings (SSSR count). The Bertz CT molecular complexity index is 1300. The van der Waals surface area contributed by atoms with E-state index in [4.69, 9.17) is 22.1 Å². The number of imide groups is 1. The van der Waals surface area contributed by atoms with Crippen LogP contribution >= 0.6 is 35.3 Å². The number of phenolic OH excluding ortho intramolecular Hbond substituents is 1. The Kier molecular flexibility index (Phi) is 5.50. The second-order valence-corrected chi connectivity index (χ2v) is 12.6. The molecule has 184 valence electrons. The number of aromatic hydroxyl groups is 1. The summed E-state index contributed by atoms with van der Waals surface area (Å²) < 4.78 is 5.93. The average molecular weight is 533 g/mol. The van der Waals surface area contributed by atoms with Crippen LogP contribution in [0.15, 0.2) is 23.2 Å². The van der Waals surface area contributed by atoms with Gasteiger partial charge in [-0.3, -0.25) is 19.3 Å². The van der Waals surface area contributed by atoms with Gasteiger partial charge in [-0.2, -0.15) is 0 Å². The van der Waals surface area contributed by atoms with Crippen molar-refractivity contribution in [2.75, 3.05) is 13.7 Å². The first-order valence-electron chi connectivity index (χ1n) is 11.6. The zero-order valence-electron chi connectivity index (χ0n) is 18.8. The fraction of sp³-hybridized carbons (Fsp3) is 0.500. The van der Waals surface area contributed by atoms with Crippen molar-refractivity contribution in [2.45, 2.75) is 35.5 Å². The second kappa shape index (κ2) is 8.35. The molecule has 8 nitrogen and oxygen atoms in total. The molecule has 2 amide bonds. The van der Waals surface area contributed by atoms with Crippen molar-refractivity contribution in [2.24, 2.45) is 29.6 Å². The van der Waals surface area contributed by atoms with Gasteiger partial charge in [-0.15, -0.1) is 23.1 Å². The van der Waals surface area contributed by atoms with Crippen LogP contribution in [0.3, 0.4) is 0 Å². The van der Waals surface area contributed by atoms with Gasteiger partial charge >= 0.3 is 5.97 Å². The third-order valence-electron chi connectivity index (χ3n) is 8.15. The third kappa shape index (κ3) is 3.38. The van der Waals surface area contributed by atoms with E-state index >= 15 is 0 Å². The lowest BCUT2D eigenvalue weighted by Crippen LogP contribution is -2.42. The van der Waals surface area contributed by atoms with Crippen LogP contribution in [0.5, 0.6) is 11.5 Å². The quantitative estimate of drug-likeness (QED) is 0.379. The predicted octanol–water partition coefficient (Wildman–Crippen LogP) is 3.86. The number of nitrogens with one attached hydrogen (secondary N) is 1. The van der Waals surface area contributed by atoms with Gasteiger partial charge in [0.2, 0.25) is 11.8 Å². The number of thioether (sulfide) groups is 1. The molecule has 2 aliphatic carbocycles. The zero-order valence-corrected chi connectivity index (χ0v) is 21.3. The van der Waals surface area contributed by atoms with Gasteiger partial charge < -0.3 is 19.9 Å². The number of likely N-dealkylation sites (tertiary alicyclic amines) is 1. The van der Waals surface area contributed by atoms with Crippen LogP contribution in [-0.4, -0.2) is 56.8 Å². The highest BCUT2D eigenvalue weighted by molar-refractivity contribution is 8.00. The molecule has 2 saturated carbocycles.